The number of alkyl halides is 2. The molecule has 2 nitrogen and oxygen atoms in total. The Morgan fingerprint density at radius 2 is 1.71 bits per heavy atom. The zero-order valence-corrected chi connectivity index (χ0v) is 9.24. The number of hydrogen-bond acceptors (Lipinski definition) is 2. The summed E-state index contributed by atoms with van der Waals surface area (Å²) in [5.74, 6) is -2.36. The molecule has 2 rings (SSSR count). The fraction of sp³-hybridized carbons (Fsp3) is 1.00. The summed E-state index contributed by atoms with van der Waals surface area (Å²) in [4.78, 5) is 2.16. The Balaban J connectivity index is 0.000000461. The average molecular weight is 206 g/mol. The van der Waals surface area contributed by atoms with Crippen molar-refractivity contribution < 1.29 is 8.78 Å². The van der Waals surface area contributed by atoms with Crippen molar-refractivity contribution >= 4 is 0 Å². The Kier molecular flexibility index (Phi) is 3.48. The zero-order valence-electron chi connectivity index (χ0n) is 9.24. The average Bonchev–Trinajstić information content (AvgIpc) is 2.02. The fourth-order valence-corrected chi connectivity index (χ4v) is 2.51. The molecule has 2 fully saturated rings. The van der Waals surface area contributed by atoms with Gasteiger partial charge in [0.15, 0.2) is 0 Å². The first-order valence-corrected chi connectivity index (χ1v) is 5.30. The van der Waals surface area contributed by atoms with Gasteiger partial charge in [-0.05, 0) is 7.05 Å². The molecule has 2 aliphatic rings. The zero-order chi connectivity index (χ0) is 10.8. The summed E-state index contributed by atoms with van der Waals surface area (Å²) in [6, 6.07) is 0. The van der Waals surface area contributed by atoms with Crippen LogP contribution in [0.2, 0.25) is 0 Å². The minimum absolute atomic E-state index is 0.0135. The molecule has 0 amide bonds. The van der Waals surface area contributed by atoms with E-state index in [4.69, 9.17) is 0 Å². The van der Waals surface area contributed by atoms with Crippen molar-refractivity contribution in [1.82, 2.24) is 10.2 Å². The van der Waals surface area contributed by atoms with E-state index in [1.165, 1.54) is 0 Å². The molecular formula is C10H20F2N2. The van der Waals surface area contributed by atoms with Crippen LogP contribution < -0.4 is 5.32 Å². The Morgan fingerprint density at radius 1 is 1.21 bits per heavy atom. The normalized spacial score (nSPS) is 27.2. The maximum atomic E-state index is 12.5. The minimum atomic E-state index is -2.36. The number of nitrogens with one attached hydrogen (secondary N) is 1. The van der Waals surface area contributed by atoms with Gasteiger partial charge in [-0.25, -0.2) is 8.78 Å². The highest BCUT2D eigenvalue weighted by Crippen LogP contribution is 2.56. The summed E-state index contributed by atoms with van der Waals surface area (Å²) < 4.78 is 25.1. The smallest absolute Gasteiger partial charge is 0.249 e. The van der Waals surface area contributed by atoms with E-state index in [-0.39, 0.29) is 18.3 Å². The van der Waals surface area contributed by atoms with Crippen LogP contribution in [0.25, 0.3) is 0 Å². The number of hydrogen-bond donors (Lipinski definition) is 1. The van der Waals surface area contributed by atoms with Gasteiger partial charge in [0.05, 0.1) is 0 Å². The molecule has 1 aliphatic heterocycles. The summed E-state index contributed by atoms with van der Waals surface area (Å²) in [5, 5.41) is 3.01. The van der Waals surface area contributed by atoms with Crippen molar-refractivity contribution in [3.8, 4) is 0 Å². The third-order valence-electron chi connectivity index (χ3n) is 2.77. The summed E-state index contributed by atoms with van der Waals surface area (Å²) in [5.41, 5.74) is -0.0135. The van der Waals surface area contributed by atoms with Gasteiger partial charge in [0.2, 0.25) is 5.92 Å². The number of halogens is 2. The fourth-order valence-electron chi connectivity index (χ4n) is 2.51. The Bertz CT molecular complexity index is 179. The van der Waals surface area contributed by atoms with Crippen LogP contribution in [0.5, 0.6) is 0 Å². The first-order valence-electron chi connectivity index (χ1n) is 5.30. The number of likely N-dealkylation sites (tertiary alicyclic amines) is 1. The van der Waals surface area contributed by atoms with Crippen LogP contribution in [0.3, 0.4) is 0 Å². The molecule has 1 heterocycles. The minimum Gasteiger partial charge on any atom is -0.307 e. The van der Waals surface area contributed by atoms with E-state index in [1.54, 1.807) is 0 Å². The molecule has 0 aromatic heterocycles. The Morgan fingerprint density at radius 3 is 2.07 bits per heavy atom. The van der Waals surface area contributed by atoms with Gasteiger partial charge < -0.3 is 5.32 Å². The highest BCUT2D eigenvalue weighted by Gasteiger charge is 2.61. The maximum Gasteiger partial charge on any atom is 0.249 e. The summed E-state index contributed by atoms with van der Waals surface area (Å²) in [6.45, 7) is 6.53. The van der Waals surface area contributed by atoms with Gasteiger partial charge in [0.1, 0.15) is 0 Å². The molecule has 0 aromatic rings. The van der Waals surface area contributed by atoms with E-state index >= 15 is 0 Å². The molecule has 0 aromatic carbocycles. The molecule has 1 saturated heterocycles. The second-order valence-corrected chi connectivity index (χ2v) is 4.21. The van der Waals surface area contributed by atoms with Crippen molar-refractivity contribution in [2.45, 2.75) is 32.6 Å². The van der Waals surface area contributed by atoms with Gasteiger partial charge in [-0.3, -0.25) is 4.90 Å². The molecule has 0 radical (unpaired) electrons. The van der Waals surface area contributed by atoms with Crippen molar-refractivity contribution in [3.05, 3.63) is 0 Å². The first-order chi connectivity index (χ1) is 6.55. The Labute approximate surface area is 84.7 Å². The summed E-state index contributed by atoms with van der Waals surface area (Å²) in [7, 11) is 1.88. The quantitative estimate of drug-likeness (QED) is 0.742. The molecule has 1 saturated carbocycles. The molecule has 14 heavy (non-hydrogen) atoms. The topological polar surface area (TPSA) is 15.3 Å². The molecule has 4 heteroatoms. The molecule has 1 spiro atoms. The van der Waals surface area contributed by atoms with Crippen LogP contribution in [0.4, 0.5) is 8.78 Å². The lowest BCUT2D eigenvalue weighted by Gasteiger charge is -2.58. The van der Waals surface area contributed by atoms with Crippen molar-refractivity contribution in [3.63, 3.8) is 0 Å². The molecule has 84 valence electrons. The lowest BCUT2D eigenvalue weighted by Crippen LogP contribution is -2.66. The highest BCUT2D eigenvalue weighted by atomic mass is 19.3. The van der Waals surface area contributed by atoms with Crippen LogP contribution >= 0.6 is 0 Å². The number of rotatable bonds is 2. The third-order valence-corrected chi connectivity index (χ3v) is 2.77. The van der Waals surface area contributed by atoms with E-state index in [0.717, 1.165) is 19.8 Å². The largest absolute Gasteiger partial charge is 0.307 e. The molecule has 1 aliphatic carbocycles. The second kappa shape index (κ2) is 4.11. The van der Waals surface area contributed by atoms with Gasteiger partial charge >= 0.3 is 0 Å². The SMILES string of the molecule is CC.CNCN1CC2(C1)CC(F)(F)C2. The standard InChI is InChI=1S/C8H14F2N2.C2H6/c1-11-6-12-4-7(5-12)2-8(9,10)3-7;1-2/h11H,2-6H2,1H3;1-2H3. The molecule has 0 unspecified atom stereocenters. The van der Waals surface area contributed by atoms with E-state index in [0.29, 0.717) is 0 Å². The number of nitrogens with zero attached hydrogens (tertiary/aromatic N) is 1. The molecule has 1 N–H and O–H groups in total. The van der Waals surface area contributed by atoms with E-state index < -0.39 is 5.92 Å². The van der Waals surface area contributed by atoms with Crippen LogP contribution in [-0.4, -0.2) is 37.6 Å². The molecule has 0 bridgehead atoms. The van der Waals surface area contributed by atoms with Gasteiger partial charge in [0.25, 0.3) is 0 Å². The second-order valence-electron chi connectivity index (χ2n) is 4.21. The van der Waals surface area contributed by atoms with Gasteiger partial charge in [-0.1, -0.05) is 13.8 Å². The highest BCUT2D eigenvalue weighted by molar-refractivity contribution is 5.07. The van der Waals surface area contributed by atoms with Crippen LogP contribution in [0.1, 0.15) is 26.7 Å². The van der Waals surface area contributed by atoms with Gasteiger partial charge in [-0.2, -0.15) is 0 Å². The Hall–Kier alpha value is -0.220. The van der Waals surface area contributed by atoms with E-state index in [2.05, 4.69) is 10.2 Å². The molecule has 0 atom stereocenters. The van der Waals surface area contributed by atoms with Crippen LogP contribution in [0, 0.1) is 5.41 Å². The maximum absolute atomic E-state index is 12.5. The lowest BCUT2D eigenvalue weighted by molar-refractivity contribution is -0.213. The monoisotopic (exact) mass is 206 g/mol. The lowest BCUT2D eigenvalue weighted by atomic mass is 9.61. The predicted molar refractivity (Wildman–Crippen MR) is 53.5 cm³/mol. The van der Waals surface area contributed by atoms with Gasteiger partial charge in [-0.15, -0.1) is 0 Å². The summed E-state index contributed by atoms with van der Waals surface area (Å²) >= 11 is 0. The van der Waals surface area contributed by atoms with Crippen LogP contribution in [-0.2, 0) is 0 Å². The third kappa shape index (κ3) is 2.23. The van der Waals surface area contributed by atoms with Crippen LogP contribution in [0.15, 0.2) is 0 Å². The first kappa shape index (κ1) is 11.9. The van der Waals surface area contributed by atoms with Crippen molar-refractivity contribution in [2.24, 2.45) is 5.41 Å². The van der Waals surface area contributed by atoms with Crippen molar-refractivity contribution in [1.29, 1.82) is 0 Å². The van der Waals surface area contributed by atoms with Crippen molar-refractivity contribution in [2.75, 3.05) is 26.8 Å². The van der Waals surface area contributed by atoms with Gasteiger partial charge in [0, 0.05) is 38.0 Å². The summed E-state index contributed by atoms with van der Waals surface area (Å²) in [6.07, 6.45) is 0.223. The van der Waals surface area contributed by atoms with E-state index in [1.807, 2.05) is 20.9 Å². The molecular weight excluding hydrogens is 186 g/mol. The predicted octanol–water partition coefficient (Wildman–Crippen LogP) is 1.92. The van der Waals surface area contributed by atoms with E-state index in [9.17, 15) is 8.78 Å².